The largest absolute Gasteiger partial charge is 0.379 e. The van der Waals surface area contributed by atoms with Gasteiger partial charge in [0.25, 0.3) is 0 Å². The van der Waals surface area contributed by atoms with E-state index in [4.69, 9.17) is 11.6 Å². The highest BCUT2D eigenvalue weighted by Crippen LogP contribution is 2.28. The van der Waals surface area contributed by atoms with Crippen LogP contribution in [0.25, 0.3) is 10.9 Å². The Kier molecular flexibility index (Phi) is 3.55. The van der Waals surface area contributed by atoms with Gasteiger partial charge in [0, 0.05) is 36.4 Å². The number of hydrogen-bond donors (Lipinski definition) is 1. The molecule has 21 heavy (non-hydrogen) atoms. The molecule has 3 rings (SSSR count). The van der Waals surface area contributed by atoms with Crippen molar-refractivity contribution < 1.29 is 0 Å². The summed E-state index contributed by atoms with van der Waals surface area (Å²) in [4.78, 5) is 4.44. The van der Waals surface area contributed by atoms with Crippen LogP contribution in [0.2, 0.25) is 5.02 Å². The molecule has 3 aromatic rings. The third-order valence-corrected chi connectivity index (χ3v) is 4.16. The lowest BCUT2D eigenvalue weighted by molar-refractivity contribution is 0.730. The van der Waals surface area contributed by atoms with E-state index in [-0.39, 0.29) is 0 Å². The summed E-state index contributed by atoms with van der Waals surface area (Å²) in [6, 6.07) is 7.75. The molecule has 1 aromatic carbocycles. The highest BCUT2D eigenvalue weighted by Gasteiger charge is 2.10. The fraction of sp³-hybridized carbons (Fsp3) is 0.250. The van der Waals surface area contributed by atoms with Gasteiger partial charge in [-0.15, -0.1) is 0 Å². The molecular formula is C16H17ClN4. The van der Waals surface area contributed by atoms with Gasteiger partial charge in [0.1, 0.15) is 0 Å². The Labute approximate surface area is 128 Å². The molecule has 5 heteroatoms. The summed E-state index contributed by atoms with van der Waals surface area (Å²) >= 11 is 6.22. The molecule has 2 heterocycles. The van der Waals surface area contributed by atoms with E-state index in [2.05, 4.69) is 22.3 Å². The third kappa shape index (κ3) is 2.47. The van der Waals surface area contributed by atoms with Crippen LogP contribution in [0, 0.1) is 13.8 Å². The minimum atomic E-state index is 0.720. The Morgan fingerprint density at radius 1 is 1.24 bits per heavy atom. The standard InChI is InChI=1S/C16H17ClN4/c1-10-13(11(2)21(3)20-10)9-19-15-7-6-14(17)12-5-4-8-18-16(12)15/h4-8,19H,9H2,1-3H3. The minimum absolute atomic E-state index is 0.720. The number of hydrogen-bond acceptors (Lipinski definition) is 3. The van der Waals surface area contributed by atoms with Crippen molar-refractivity contribution in [1.29, 1.82) is 0 Å². The maximum absolute atomic E-state index is 6.22. The molecule has 1 N–H and O–H groups in total. The Balaban J connectivity index is 1.94. The summed E-state index contributed by atoms with van der Waals surface area (Å²) in [7, 11) is 1.96. The van der Waals surface area contributed by atoms with Crippen molar-refractivity contribution >= 4 is 28.2 Å². The molecule has 0 saturated heterocycles. The van der Waals surface area contributed by atoms with Gasteiger partial charge in [-0.3, -0.25) is 9.67 Å². The average Bonchev–Trinajstić information content (AvgIpc) is 2.72. The lowest BCUT2D eigenvalue weighted by Crippen LogP contribution is -2.03. The zero-order valence-corrected chi connectivity index (χ0v) is 13.1. The lowest BCUT2D eigenvalue weighted by atomic mass is 10.1. The Morgan fingerprint density at radius 2 is 2.05 bits per heavy atom. The van der Waals surface area contributed by atoms with Gasteiger partial charge in [-0.2, -0.15) is 5.10 Å². The van der Waals surface area contributed by atoms with E-state index in [1.807, 2.05) is 42.9 Å². The summed E-state index contributed by atoms with van der Waals surface area (Å²) in [5, 5.41) is 9.57. The van der Waals surface area contributed by atoms with Crippen LogP contribution in [0.5, 0.6) is 0 Å². The van der Waals surface area contributed by atoms with Crippen LogP contribution in [0.4, 0.5) is 5.69 Å². The first-order valence-corrected chi connectivity index (χ1v) is 7.22. The number of halogens is 1. The van der Waals surface area contributed by atoms with E-state index >= 15 is 0 Å². The monoisotopic (exact) mass is 300 g/mol. The van der Waals surface area contributed by atoms with Crippen LogP contribution in [-0.4, -0.2) is 14.8 Å². The van der Waals surface area contributed by atoms with Crippen molar-refractivity contribution in [1.82, 2.24) is 14.8 Å². The van der Waals surface area contributed by atoms with Gasteiger partial charge in [-0.05, 0) is 38.1 Å². The molecule has 0 bridgehead atoms. The molecule has 0 saturated carbocycles. The molecule has 108 valence electrons. The lowest BCUT2D eigenvalue weighted by Gasteiger charge is -2.10. The second kappa shape index (κ2) is 5.37. The van der Waals surface area contributed by atoms with Gasteiger partial charge in [0.05, 0.1) is 21.9 Å². The number of nitrogens with zero attached hydrogens (tertiary/aromatic N) is 3. The zero-order valence-electron chi connectivity index (χ0n) is 12.3. The highest BCUT2D eigenvalue weighted by molar-refractivity contribution is 6.35. The van der Waals surface area contributed by atoms with Crippen LogP contribution in [0.1, 0.15) is 17.0 Å². The summed E-state index contributed by atoms with van der Waals surface area (Å²) in [6.45, 7) is 4.83. The van der Waals surface area contributed by atoms with Crippen LogP contribution in [0.3, 0.4) is 0 Å². The molecular weight excluding hydrogens is 284 g/mol. The van der Waals surface area contributed by atoms with Crippen molar-refractivity contribution in [2.75, 3.05) is 5.32 Å². The molecule has 0 radical (unpaired) electrons. The number of rotatable bonds is 3. The molecule has 0 aliphatic rings. The van der Waals surface area contributed by atoms with Crippen molar-refractivity contribution in [3.05, 3.63) is 52.4 Å². The van der Waals surface area contributed by atoms with Crippen molar-refractivity contribution in [3.8, 4) is 0 Å². The molecule has 0 atom stereocenters. The minimum Gasteiger partial charge on any atom is -0.379 e. The summed E-state index contributed by atoms with van der Waals surface area (Å²) in [5.74, 6) is 0. The van der Waals surface area contributed by atoms with Crippen molar-refractivity contribution in [2.45, 2.75) is 20.4 Å². The topological polar surface area (TPSA) is 42.7 Å². The normalized spacial score (nSPS) is 11.0. The van der Waals surface area contributed by atoms with E-state index in [0.29, 0.717) is 0 Å². The molecule has 0 aliphatic carbocycles. The molecule has 4 nitrogen and oxygen atoms in total. The second-order valence-electron chi connectivity index (χ2n) is 5.12. The number of benzene rings is 1. The first-order chi connectivity index (χ1) is 10.1. The van der Waals surface area contributed by atoms with E-state index in [1.165, 1.54) is 11.3 Å². The molecule has 0 aliphatic heterocycles. The molecule has 0 spiro atoms. The van der Waals surface area contributed by atoms with Gasteiger partial charge in [0.15, 0.2) is 0 Å². The Bertz CT molecular complexity index is 807. The van der Waals surface area contributed by atoms with Crippen LogP contribution >= 0.6 is 11.6 Å². The smallest absolute Gasteiger partial charge is 0.0948 e. The van der Waals surface area contributed by atoms with Crippen molar-refractivity contribution in [3.63, 3.8) is 0 Å². The fourth-order valence-electron chi connectivity index (χ4n) is 2.54. The molecule has 2 aromatic heterocycles. The SMILES string of the molecule is Cc1nn(C)c(C)c1CNc1ccc(Cl)c2cccnc12. The van der Waals surface area contributed by atoms with Gasteiger partial charge in [-0.25, -0.2) is 0 Å². The predicted molar refractivity (Wildman–Crippen MR) is 86.8 cm³/mol. The number of aromatic nitrogens is 3. The molecule has 0 amide bonds. The number of pyridine rings is 1. The third-order valence-electron chi connectivity index (χ3n) is 3.83. The summed E-state index contributed by atoms with van der Waals surface area (Å²) < 4.78 is 1.91. The van der Waals surface area contributed by atoms with E-state index < -0.39 is 0 Å². The van der Waals surface area contributed by atoms with E-state index in [1.54, 1.807) is 6.20 Å². The first-order valence-electron chi connectivity index (χ1n) is 6.84. The highest BCUT2D eigenvalue weighted by atomic mass is 35.5. The van der Waals surface area contributed by atoms with Crippen molar-refractivity contribution in [2.24, 2.45) is 7.05 Å². The maximum Gasteiger partial charge on any atom is 0.0948 e. The van der Waals surface area contributed by atoms with Crippen LogP contribution < -0.4 is 5.32 Å². The number of nitrogens with one attached hydrogen (secondary N) is 1. The molecule has 0 unspecified atom stereocenters. The van der Waals surface area contributed by atoms with E-state index in [0.717, 1.165) is 33.9 Å². The van der Waals surface area contributed by atoms with Crippen LogP contribution in [0.15, 0.2) is 30.5 Å². The van der Waals surface area contributed by atoms with Gasteiger partial charge in [-0.1, -0.05) is 11.6 Å². The second-order valence-corrected chi connectivity index (χ2v) is 5.53. The maximum atomic E-state index is 6.22. The van der Waals surface area contributed by atoms with Gasteiger partial charge < -0.3 is 5.32 Å². The first kappa shape index (κ1) is 13.9. The predicted octanol–water partition coefficient (Wildman–Crippen LogP) is 3.85. The van der Waals surface area contributed by atoms with E-state index in [9.17, 15) is 0 Å². The molecule has 0 fully saturated rings. The van der Waals surface area contributed by atoms with Crippen LogP contribution in [-0.2, 0) is 13.6 Å². The Hall–Kier alpha value is -2.07. The summed E-state index contributed by atoms with van der Waals surface area (Å²) in [5.41, 5.74) is 5.32. The number of anilines is 1. The van der Waals surface area contributed by atoms with Gasteiger partial charge >= 0.3 is 0 Å². The number of fused-ring (bicyclic) bond motifs is 1. The number of aryl methyl sites for hydroxylation is 2. The zero-order chi connectivity index (χ0) is 15.0. The average molecular weight is 301 g/mol. The summed E-state index contributed by atoms with van der Waals surface area (Å²) in [6.07, 6.45) is 1.78. The Morgan fingerprint density at radius 3 is 2.76 bits per heavy atom. The quantitative estimate of drug-likeness (QED) is 0.799. The van der Waals surface area contributed by atoms with Gasteiger partial charge in [0.2, 0.25) is 0 Å². The fourth-order valence-corrected chi connectivity index (χ4v) is 2.75.